The maximum absolute atomic E-state index is 5.60. The van der Waals surface area contributed by atoms with E-state index < -0.39 is 0 Å². The zero-order chi connectivity index (χ0) is 10.4. The molecule has 0 spiro atoms. The molecule has 2 N–H and O–H groups in total. The van der Waals surface area contributed by atoms with Crippen LogP contribution in [0.5, 0.6) is 0 Å². The quantitative estimate of drug-likeness (QED) is 0.735. The van der Waals surface area contributed by atoms with Crippen LogP contribution in [0.25, 0.3) is 11.3 Å². The first-order chi connectivity index (χ1) is 7.29. The molecule has 0 bridgehead atoms. The van der Waals surface area contributed by atoms with Crippen molar-refractivity contribution in [2.24, 2.45) is 5.73 Å². The van der Waals surface area contributed by atoms with Gasteiger partial charge in [-0.3, -0.25) is 0 Å². The molecule has 1 aliphatic rings. The van der Waals surface area contributed by atoms with Crippen LogP contribution in [0, 0.1) is 0 Å². The summed E-state index contributed by atoms with van der Waals surface area (Å²) in [6.07, 6.45) is 0.875. The van der Waals surface area contributed by atoms with Crippen molar-refractivity contribution in [1.82, 2.24) is 5.16 Å². The van der Waals surface area contributed by atoms with Crippen molar-refractivity contribution in [3.63, 3.8) is 0 Å². The molecule has 2 aromatic rings. The first-order valence-electron chi connectivity index (χ1n) is 4.76. The first kappa shape index (κ1) is 9.12. The number of fused-ring (bicyclic) bond motifs is 3. The number of rotatable bonds is 1. The fourth-order valence-electron chi connectivity index (χ4n) is 2.02. The van der Waals surface area contributed by atoms with Crippen LogP contribution in [0.15, 0.2) is 27.2 Å². The van der Waals surface area contributed by atoms with Gasteiger partial charge in [-0.05, 0) is 23.8 Å². The Morgan fingerprint density at radius 2 is 2.33 bits per heavy atom. The van der Waals surface area contributed by atoms with E-state index in [9.17, 15) is 0 Å². The Balaban J connectivity index is 2.20. The van der Waals surface area contributed by atoms with Gasteiger partial charge in [-0.2, -0.15) is 0 Å². The van der Waals surface area contributed by atoms with Gasteiger partial charge >= 0.3 is 0 Å². The summed E-state index contributed by atoms with van der Waals surface area (Å²) in [6.45, 7) is 0.438. The molecule has 1 heterocycles. The highest BCUT2D eigenvalue weighted by atomic mass is 79.9. The van der Waals surface area contributed by atoms with E-state index in [1.165, 1.54) is 5.56 Å². The van der Waals surface area contributed by atoms with Gasteiger partial charge in [-0.15, -0.1) is 0 Å². The third-order valence-electron chi connectivity index (χ3n) is 2.74. The van der Waals surface area contributed by atoms with Gasteiger partial charge in [0, 0.05) is 28.6 Å². The van der Waals surface area contributed by atoms with E-state index in [1.54, 1.807) is 0 Å². The van der Waals surface area contributed by atoms with E-state index in [1.807, 2.05) is 6.07 Å². The van der Waals surface area contributed by atoms with Crippen LogP contribution in [0.4, 0.5) is 0 Å². The standard InChI is InChI=1S/C11H9BrN2O/c12-7-1-2-8-6(3-7)4-9-10(5-13)14-15-11(8)9/h1-3H,4-5,13H2. The third kappa shape index (κ3) is 1.25. The highest BCUT2D eigenvalue weighted by molar-refractivity contribution is 9.10. The van der Waals surface area contributed by atoms with Gasteiger partial charge in [0.25, 0.3) is 0 Å². The normalized spacial score (nSPS) is 12.7. The Labute approximate surface area is 95.4 Å². The second-order valence-corrected chi connectivity index (χ2v) is 4.53. The fourth-order valence-corrected chi connectivity index (χ4v) is 2.43. The third-order valence-corrected chi connectivity index (χ3v) is 3.24. The zero-order valence-electron chi connectivity index (χ0n) is 7.96. The summed E-state index contributed by atoms with van der Waals surface area (Å²) in [5.74, 6) is 0.887. The lowest BCUT2D eigenvalue weighted by molar-refractivity contribution is 0.424. The molecule has 0 saturated carbocycles. The number of hydrogen-bond acceptors (Lipinski definition) is 3. The minimum atomic E-state index is 0.438. The van der Waals surface area contributed by atoms with E-state index in [0.29, 0.717) is 6.54 Å². The molecule has 76 valence electrons. The molecule has 0 unspecified atom stereocenters. The molecule has 3 rings (SSSR count). The van der Waals surface area contributed by atoms with Crippen molar-refractivity contribution in [2.75, 3.05) is 0 Å². The van der Waals surface area contributed by atoms with Crippen molar-refractivity contribution < 1.29 is 4.52 Å². The largest absolute Gasteiger partial charge is 0.356 e. The Kier molecular flexibility index (Phi) is 1.94. The van der Waals surface area contributed by atoms with Crippen molar-refractivity contribution in [1.29, 1.82) is 0 Å². The lowest BCUT2D eigenvalue weighted by atomic mass is 10.1. The van der Waals surface area contributed by atoms with Crippen LogP contribution in [-0.2, 0) is 13.0 Å². The molecule has 0 amide bonds. The predicted molar refractivity (Wildman–Crippen MR) is 60.3 cm³/mol. The topological polar surface area (TPSA) is 52.0 Å². The van der Waals surface area contributed by atoms with E-state index in [2.05, 4.69) is 33.2 Å². The molecule has 0 radical (unpaired) electrons. The molecule has 0 saturated heterocycles. The van der Waals surface area contributed by atoms with Crippen LogP contribution in [0.2, 0.25) is 0 Å². The average Bonchev–Trinajstić information content (AvgIpc) is 2.74. The Hall–Kier alpha value is -1.13. The summed E-state index contributed by atoms with van der Waals surface area (Å²) < 4.78 is 6.41. The number of benzene rings is 1. The Bertz CT molecular complexity index is 533. The number of aromatic nitrogens is 1. The van der Waals surface area contributed by atoms with E-state index in [0.717, 1.165) is 33.5 Å². The lowest BCUT2D eigenvalue weighted by Gasteiger charge is -1.98. The van der Waals surface area contributed by atoms with Gasteiger partial charge in [0.05, 0.1) is 0 Å². The first-order valence-corrected chi connectivity index (χ1v) is 5.55. The number of nitrogens with zero attached hydrogens (tertiary/aromatic N) is 1. The van der Waals surface area contributed by atoms with Gasteiger partial charge in [-0.25, -0.2) is 0 Å². The molecule has 1 aliphatic carbocycles. The second kappa shape index (κ2) is 3.18. The molecule has 0 fully saturated rings. The smallest absolute Gasteiger partial charge is 0.170 e. The molecule has 0 aliphatic heterocycles. The molecule has 0 atom stereocenters. The minimum absolute atomic E-state index is 0.438. The average molecular weight is 265 g/mol. The highest BCUT2D eigenvalue weighted by Crippen LogP contribution is 2.39. The predicted octanol–water partition coefficient (Wildman–Crippen LogP) is 2.47. The van der Waals surface area contributed by atoms with Gasteiger partial charge in [0.2, 0.25) is 0 Å². The van der Waals surface area contributed by atoms with Crippen LogP contribution >= 0.6 is 15.9 Å². The SMILES string of the molecule is NCc1noc2c1Cc1cc(Br)ccc1-2. The molecular formula is C11H9BrN2O. The molecule has 4 heteroatoms. The summed E-state index contributed by atoms with van der Waals surface area (Å²) in [5, 5.41) is 3.97. The summed E-state index contributed by atoms with van der Waals surface area (Å²) in [5.41, 5.74) is 10.0. The van der Waals surface area contributed by atoms with Crippen molar-refractivity contribution in [2.45, 2.75) is 13.0 Å². The Morgan fingerprint density at radius 3 is 3.13 bits per heavy atom. The van der Waals surface area contributed by atoms with Crippen LogP contribution < -0.4 is 5.73 Å². The van der Waals surface area contributed by atoms with Crippen molar-refractivity contribution >= 4 is 15.9 Å². The number of nitrogens with two attached hydrogens (primary N) is 1. The monoisotopic (exact) mass is 264 g/mol. The van der Waals surface area contributed by atoms with E-state index in [4.69, 9.17) is 10.3 Å². The maximum atomic E-state index is 5.60. The van der Waals surface area contributed by atoms with Crippen molar-refractivity contribution in [3.8, 4) is 11.3 Å². The minimum Gasteiger partial charge on any atom is -0.356 e. The summed E-state index contributed by atoms with van der Waals surface area (Å²) in [7, 11) is 0. The van der Waals surface area contributed by atoms with Crippen LogP contribution in [-0.4, -0.2) is 5.16 Å². The lowest BCUT2D eigenvalue weighted by Crippen LogP contribution is -1.99. The molecule has 1 aromatic heterocycles. The zero-order valence-corrected chi connectivity index (χ0v) is 9.54. The van der Waals surface area contributed by atoms with Gasteiger partial charge in [0.15, 0.2) is 5.76 Å². The van der Waals surface area contributed by atoms with Gasteiger partial charge < -0.3 is 10.3 Å². The Morgan fingerprint density at radius 1 is 1.47 bits per heavy atom. The summed E-state index contributed by atoms with van der Waals surface area (Å²) >= 11 is 3.46. The van der Waals surface area contributed by atoms with Crippen LogP contribution in [0.3, 0.4) is 0 Å². The van der Waals surface area contributed by atoms with Crippen molar-refractivity contribution in [3.05, 3.63) is 39.5 Å². The van der Waals surface area contributed by atoms with Gasteiger partial charge in [-0.1, -0.05) is 21.1 Å². The number of halogens is 1. The number of hydrogen-bond donors (Lipinski definition) is 1. The van der Waals surface area contributed by atoms with E-state index in [-0.39, 0.29) is 0 Å². The molecule has 1 aromatic carbocycles. The summed E-state index contributed by atoms with van der Waals surface area (Å²) in [6, 6.07) is 6.18. The summed E-state index contributed by atoms with van der Waals surface area (Å²) in [4.78, 5) is 0. The maximum Gasteiger partial charge on any atom is 0.170 e. The molecular weight excluding hydrogens is 256 g/mol. The van der Waals surface area contributed by atoms with Crippen LogP contribution in [0.1, 0.15) is 16.8 Å². The molecule has 3 nitrogen and oxygen atoms in total. The fraction of sp³-hybridized carbons (Fsp3) is 0.182. The highest BCUT2D eigenvalue weighted by Gasteiger charge is 2.26. The van der Waals surface area contributed by atoms with E-state index >= 15 is 0 Å². The second-order valence-electron chi connectivity index (χ2n) is 3.62. The van der Waals surface area contributed by atoms with Gasteiger partial charge in [0.1, 0.15) is 5.69 Å². The molecule has 15 heavy (non-hydrogen) atoms.